The van der Waals surface area contributed by atoms with Gasteiger partial charge in [-0.1, -0.05) is 45.4 Å². The lowest BCUT2D eigenvalue weighted by atomic mass is 9.98. The van der Waals surface area contributed by atoms with Crippen molar-refractivity contribution in [3.63, 3.8) is 0 Å². The molecule has 1 heteroatoms. The largest absolute Gasteiger partial charge is 0.312 e. The fourth-order valence-electron chi connectivity index (χ4n) is 3.00. The number of rotatable bonds is 8. The lowest BCUT2D eigenvalue weighted by Gasteiger charge is -2.24. The van der Waals surface area contributed by atoms with Crippen molar-refractivity contribution in [2.24, 2.45) is 5.92 Å². The van der Waals surface area contributed by atoms with Crippen molar-refractivity contribution in [3.05, 3.63) is 0 Å². The summed E-state index contributed by atoms with van der Waals surface area (Å²) < 4.78 is 0. The molecule has 1 unspecified atom stereocenters. The molecule has 0 spiro atoms. The monoisotopic (exact) mass is 225 g/mol. The summed E-state index contributed by atoms with van der Waals surface area (Å²) in [7, 11) is 0. The van der Waals surface area contributed by atoms with Crippen LogP contribution >= 0.6 is 0 Å². The Hall–Kier alpha value is -0.0400. The van der Waals surface area contributed by atoms with E-state index in [1.54, 1.807) is 0 Å². The Kier molecular flexibility index (Phi) is 7.11. The van der Waals surface area contributed by atoms with Gasteiger partial charge in [0.05, 0.1) is 0 Å². The van der Waals surface area contributed by atoms with Gasteiger partial charge in [-0.3, -0.25) is 0 Å². The number of hydrogen-bond acceptors (Lipinski definition) is 1. The van der Waals surface area contributed by atoms with Crippen LogP contribution in [0.1, 0.15) is 78.6 Å². The smallest absolute Gasteiger partial charge is 0.00694 e. The van der Waals surface area contributed by atoms with Crippen LogP contribution in [0.4, 0.5) is 0 Å². The van der Waals surface area contributed by atoms with Gasteiger partial charge in [-0.05, 0) is 39.0 Å². The zero-order valence-electron chi connectivity index (χ0n) is 11.6. The normalized spacial score (nSPS) is 21.2. The third kappa shape index (κ3) is 5.34. The second-order valence-electron chi connectivity index (χ2n) is 5.75. The van der Waals surface area contributed by atoms with Crippen molar-refractivity contribution in [3.8, 4) is 0 Å². The molecule has 0 radical (unpaired) electrons. The molecular formula is C15H31N. The number of unbranched alkanes of at least 4 members (excludes halogenated alkanes) is 3. The van der Waals surface area contributed by atoms with Gasteiger partial charge in [-0.15, -0.1) is 0 Å². The van der Waals surface area contributed by atoms with E-state index in [2.05, 4.69) is 26.1 Å². The van der Waals surface area contributed by atoms with E-state index in [0.29, 0.717) is 6.04 Å². The first kappa shape index (κ1) is 14.0. The van der Waals surface area contributed by atoms with Crippen LogP contribution in [0.25, 0.3) is 0 Å². The molecule has 1 aliphatic rings. The molecule has 96 valence electrons. The van der Waals surface area contributed by atoms with Crippen LogP contribution in [-0.4, -0.2) is 12.1 Å². The molecule has 0 bridgehead atoms. The highest BCUT2D eigenvalue weighted by molar-refractivity contribution is 4.79. The van der Waals surface area contributed by atoms with E-state index >= 15 is 0 Å². The SMILES string of the molecule is CCCCCCC(C)N[C@@H](C)C1CCCC1. The van der Waals surface area contributed by atoms with Crippen LogP contribution < -0.4 is 5.32 Å². The highest BCUT2D eigenvalue weighted by Crippen LogP contribution is 2.27. The first-order chi connectivity index (χ1) is 7.74. The standard InChI is InChI=1S/C15H31N/c1-4-5-6-7-10-13(2)16-14(3)15-11-8-9-12-15/h13-16H,4-12H2,1-3H3/t13?,14-/m0/s1. The molecular weight excluding hydrogens is 194 g/mol. The molecule has 0 heterocycles. The van der Waals surface area contributed by atoms with E-state index in [-0.39, 0.29) is 0 Å². The highest BCUT2D eigenvalue weighted by atomic mass is 14.9. The second-order valence-corrected chi connectivity index (χ2v) is 5.75. The summed E-state index contributed by atoms with van der Waals surface area (Å²) in [6.45, 7) is 7.03. The van der Waals surface area contributed by atoms with Gasteiger partial charge in [0.2, 0.25) is 0 Å². The Morgan fingerprint density at radius 3 is 2.38 bits per heavy atom. The summed E-state index contributed by atoms with van der Waals surface area (Å²) in [6.07, 6.45) is 12.8. The van der Waals surface area contributed by atoms with E-state index < -0.39 is 0 Å². The number of hydrogen-bond donors (Lipinski definition) is 1. The van der Waals surface area contributed by atoms with Gasteiger partial charge in [0.1, 0.15) is 0 Å². The van der Waals surface area contributed by atoms with Crippen molar-refractivity contribution < 1.29 is 0 Å². The quantitative estimate of drug-likeness (QED) is 0.599. The van der Waals surface area contributed by atoms with E-state index in [4.69, 9.17) is 0 Å². The summed E-state index contributed by atoms with van der Waals surface area (Å²) in [5.41, 5.74) is 0. The molecule has 1 N–H and O–H groups in total. The molecule has 1 fully saturated rings. The lowest BCUT2D eigenvalue weighted by Crippen LogP contribution is -2.38. The van der Waals surface area contributed by atoms with E-state index in [1.807, 2.05) is 0 Å². The third-order valence-electron chi connectivity index (χ3n) is 4.15. The number of nitrogens with one attached hydrogen (secondary N) is 1. The van der Waals surface area contributed by atoms with E-state index in [1.165, 1.54) is 57.8 Å². The van der Waals surface area contributed by atoms with Crippen LogP contribution in [0.3, 0.4) is 0 Å². The Bertz CT molecular complexity index is 161. The summed E-state index contributed by atoms with van der Waals surface area (Å²) in [5.74, 6) is 0.957. The predicted octanol–water partition coefficient (Wildman–Crippen LogP) is 4.51. The molecule has 1 rings (SSSR count). The third-order valence-corrected chi connectivity index (χ3v) is 4.15. The predicted molar refractivity (Wildman–Crippen MR) is 72.8 cm³/mol. The van der Waals surface area contributed by atoms with Crippen molar-refractivity contribution in [1.29, 1.82) is 0 Å². The maximum atomic E-state index is 3.80. The van der Waals surface area contributed by atoms with Gasteiger partial charge in [0, 0.05) is 12.1 Å². The minimum absolute atomic E-state index is 0.715. The Labute approximate surface area is 102 Å². The zero-order chi connectivity index (χ0) is 11.8. The van der Waals surface area contributed by atoms with Crippen molar-refractivity contribution >= 4 is 0 Å². The maximum Gasteiger partial charge on any atom is 0.00694 e. The average molecular weight is 225 g/mol. The molecule has 0 aromatic carbocycles. The molecule has 0 saturated heterocycles. The Balaban J connectivity index is 2.05. The fourth-order valence-corrected chi connectivity index (χ4v) is 3.00. The zero-order valence-corrected chi connectivity index (χ0v) is 11.6. The molecule has 0 aliphatic heterocycles. The van der Waals surface area contributed by atoms with Crippen LogP contribution in [0.15, 0.2) is 0 Å². The molecule has 2 atom stereocenters. The molecule has 0 aromatic heterocycles. The Morgan fingerprint density at radius 2 is 1.75 bits per heavy atom. The molecule has 16 heavy (non-hydrogen) atoms. The summed E-state index contributed by atoms with van der Waals surface area (Å²) in [6, 6.07) is 1.45. The molecule has 1 saturated carbocycles. The van der Waals surface area contributed by atoms with Crippen molar-refractivity contribution in [1.82, 2.24) is 5.32 Å². The van der Waals surface area contributed by atoms with Gasteiger partial charge >= 0.3 is 0 Å². The van der Waals surface area contributed by atoms with Gasteiger partial charge < -0.3 is 5.32 Å². The first-order valence-corrected chi connectivity index (χ1v) is 7.50. The molecule has 0 amide bonds. The van der Waals surface area contributed by atoms with Gasteiger partial charge in [0.15, 0.2) is 0 Å². The van der Waals surface area contributed by atoms with Gasteiger partial charge in [0.25, 0.3) is 0 Å². The summed E-state index contributed by atoms with van der Waals surface area (Å²) in [5, 5.41) is 3.80. The van der Waals surface area contributed by atoms with Crippen LogP contribution in [0.5, 0.6) is 0 Å². The molecule has 1 aliphatic carbocycles. The minimum atomic E-state index is 0.715. The fraction of sp³-hybridized carbons (Fsp3) is 1.00. The van der Waals surface area contributed by atoms with Crippen molar-refractivity contribution in [2.45, 2.75) is 90.6 Å². The maximum absolute atomic E-state index is 3.80. The topological polar surface area (TPSA) is 12.0 Å². The summed E-state index contributed by atoms with van der Waals surface area (Å²) >= 11 is 0. The average Bonchev–Trinajstić information content (AvgIpc) is 2.77. The molecule has 0 aromatic rings. The van der Waals surface area contributed by atoms with E-state index in [9.17, 15) is 0 Å². The minimum Gasteiger partial charge on any atom is -0.312 e. The first-order valence-electron chi connectivity index (χ1n) is 7.50. The van der Waals surface area contributed by atoms with Crippen LogP contribution in [0, 0.1) is 5.92 Å². The van der Waals surface area contributed by atoms with Crippen molar-refractivity contribution in [2.75, 3.05) is 0 Å². The van der Waals surface area contributed by atoms with Gasteiger partial charge in [-0.2, -0.15) is 0 Å². The molecule has 1 nitrogen and oxygen atoms in total. The van der Waals surface area contributed by atoms with Crippen LogP contribution in [-0.2, 0) is 0 Å². The lowest BCUT2D eigenvalue weighted by molar-refractivity contribution is 0.337. The Morgan fingerprint density at radius 1 is 1.06 bits per heavy atom. The second kappa shape index (κ2) is 8.11. The highest BCUT2D eigenvalue weighted by Gasteiger charge is 2.22. The van der Waals surface area contributed by atoms with Gasteiger partial charge in [-0.25, -0.2) is 0 Å². The van der Waals surface area contributed by atoms with Crippen LogP contribution in [0.2, 0.25) is 0 Å². The van der Waals surface area contributed by atoms with E-state index in [0.717, 1.165) is 12.0 Å². The summed E-state index contributed by atoms with van der Waals surface area (Å²) in [4.78, 5) is 0.